The summed E-state index contributed by atoms with van der Waals surface area (Å²) in [4.78, 5) is 0. The lowest BCUT2D eigenvalue weighted by atomic mass is 9.82. The van der Waals surface area contributed by atoms with Gasteiger partial charge < -0.3 is 9.15 Å². The molecule has 0 fully saturated rings. The third-order valence-electron chi connectivity index (χ3n) is 9.62. The summed E-state index contributed by atoms with van der Waals surface area (Å²) in [6.07, 6.45) is 4.23. The molecule has 2 heteroatoms. The van der Waals surface area contributed by atoms with Gasteiger partial charge in [0.2, 0.25) is 0 Å². The van der Waals surface area contributed by atoms with Gasteiger partial charge in [-0.3, -0.25) is 0 Å². The number of hydrogen-bond donors (Lipinski definition) is 0. The second-order valence-corrected chi connectivity index (χ2v) is 11.9. The summed E-state index contributed by atoms with van der Waals surface area (Å²) in [7, 11) is 0. The normalized spacial score (nSPS) is 16.7. The van der Waals surface area contributed by atoms with Crippen molar-refractivity contribution in [2.75, 3.05) is 0 Å². The first-order valence-electron chi connectivity index (χ1n) is 15.3. The van der Waals surface area contributed by atoms with Crippen LogP contribution in [0.4, 0.5) is 0 Å². The van der Waals surface area contributed by atoms with Gasteiger partial charge in [0.25, 0.3) is 0 Å². The number of benzene rings is 7. The Bertz CT molecular complexity index is 2440. The minimum Gasteiger partial charge on any atom is -0.485 e. The first-order valence-corrected chi connectivity index (χ1v) is 15.3. The second-order valence-electron chi connectivity index (χ2n) is 11.9. The average Bonchev–Trinajstić information content (AvgIpc) is 3.65. The molecule has 0 radical (unpaired) electrons. The first kappa shape index (κ1) is 23.9. The van der Waals surface area contributed by atoms with E-state index in [4.69, 9.17) is 9.15 Å². The van der Waals surface area contributed by atoms with E-state index in [2.05, 4.69) is 140 Å². The summed E-state index contributed by atoms with van der Waals surface area (Å²) in [6.45, 7) is 0. The topological polar surface area (TPSA) is 22.4 Å². The van der Waals surface area contributed by atoms with E-state index in [1.165, 1.54) is 60.1 Å². The number of hydrogen-bond acceptors (Lipinski definition) is 2. The van der Waals surface area contributed by atoms with Gasteiger partial charge in [0.05, 0.1) is 5.92 Å². The highest BCUT2D eigenvalue weighted by Crippen LogP contribution is 2.52. The van der Waals surface area contributed by atoms with E-state index < -0.39 is 0 Å². The van der Waals surface area contributed by atoms with Crippen LogP contribution in [0.25, 0.3) is 71.6 Å². The summed E-state index contributed by atoms with van der Waals surface area (Å²) >= 11 is 0. The van der Waals surface area contributed by atoms with Crippen LogP contribution in [0.5, 0.6) is 5.75 Å². The summed E-state index contributed by atoms with van der Waals surface area (Å²) < 4.78 is 13.2. The zero-order valence-electron chi connectivity index (χ0n) is 23.8. The van der Waals surface area contributed by atoms with Crippen molar-refractivity contribution in [2.45, 2.75) is 12.0 Å². The van der Waals surface area contributed by atoms with E-state index in [0.717, 1.165) is 28.0 Å². The molecular formula is C42H26O2. The lowest BCUT2D eigenvalue weighted by Gasteiger charge is -2.19. The fourth-order valence-corrected chi connectivity index (χ4v) is 7.76. The van der Waals surface area contributed by atoms with Crippen LogP contribution < -0.4 is 4.74 Å². The minimum absolute atomic E-state index is 0.0211. The van der Waals surface area contributed by atoms with Crippen LogP contribution in [0.2, 0.25) is 0 Å². The number of fused-ring (bicyclic) bond motifs is 10. The molecule has 2 unspecified atom stereocenters. The van der Waals surface area contributed by atoms with Gasteiger partial charge in [-0.05, 0) is 67.7 Å². The Morgan fingerprint density at radius 3 is 1.98 bits per heavy atom. The van der Waals surface area contributed by atoms with Crippen LogP contribution in [0.3, 0.4) is 0 Å². The quantitative estimate of drug-likeness (QED) is 0.196. The third kappa shape index (κ3) is 3.25. The highest BCUT2D eigenvalue weighted by Gasteiger charge is 2.40. The summed E-state index contributed by atoms with van der Waals surface area (Å²) in [5.41, 5.74) is 8.20. The molecule has 44 heavy (non-hydrogen) atoms. The number of furan rings is 1. The smallest absolute Gasteiger partial charge is 0.142 e. The molecule has 1 aromatic heterocycles. The Morgan fingerprint density at radius 2 is 1.18 bits per heavy atom. The SMILES string of the molecule is C1=CC2Oc3ccccc3C2c2c1oc1c(-c3c4ccccc4c(-c4ccc5ccccc5c4)c4ccccc34)cccc21. The van der Waals surface area contributed by atoms with Crippen LogP contribution in [-0.2, 0) is 0 Å². The number of rotatable bonds is 2. The number of ether oxygens (including phenoxy) is 1. The molecule has 206 valence electrons. The van der Waals surface area contributed by atoms with Crippen molar-refractivity contribution in [3.05, 3.63) is 156 Å². The molecule has 2 aliphatic rings. The molecular weight excluding hydrogens is 536 g/mol. The second kappa shape index (κ2) is 8.95. The van der Waals surface area contributed by atoms with Gasteiger partial charge in [-0.15, -0.1) is 0 Å². The van der Waals surface area contributed by atoms with E-state index in [0.29, 0.717) is 0 Å². The largest absolute Gasteiger partial charge is 0.485 e. The first-order chi connectivity index (χ1) is 21.8. The molecule has 0 saturated carbocycles. The van der Waals surface area contributed by atoms with E-state index in [-0.39, 0.29) is 12.0 Å². The predicted molar refractivity (Wildman–Crippen MR) is 181 cm³/mol. The maximum atomic E-state index is 6.82. The Morgan fingerprint density at radius 1 is 0.523 bits per heavy atom. The van der Waals surface area contributed by atoms with Crippen molar-refractivity contribution in [1.82, 2.24) is 0 Å². The molecule has 0 bridgehead atoms. The Balaban J connectivity index is 1.27. The maximum absolute atomic E-state index is 6.82. The van der Waals surface area contributed by atoms with Crippen molar-refractivity contribution >= 4 is 49.4 Å². The molecule has 10 rings (SSSR count). The van der Waals surface area contributed by atoms with Crippen LogP contribution in [-0.4, -0.2) is 6.10 Å². The van der Waals surface area contributed by atoms with Crippen LogP contribution in [0.1, 0.15) is 22.8 Å². The van der Waals surface area contributed by atoms with Gasteiger partial charge in [-0.2, -0.15) is 0 Å². The van der Waals surface area contributed by atoms with Gasteiger partial charge >= 0.3 is 0 Å². The van der Waals surface area contributed by atoms with E-state index in [9.17, 15) is 0 Å². The van der Waals surface area contributed by atoms with Crippen LogP contribution >= 0.6 is 0 Å². The molecule has 1 aliphatic heterocycles. The van der Waals surface area contributed by atoms with E-state index >= 15 is 0 Å². The highest BCUT2D eigenvalue weighted by molar-refractivity contribution is 6.23. The zero-order chi connectivity index (χ0) is 28.8. The summed E-state index contributed by atoms with van der Waals surface area (Å²) in [5.74, 6) is 2.01. The van der Waals surface area contributed by atoms with Crippen molar-refractivity contribution in [2.24, 2.45) is 0 Å². The lowest BCUT2D eigenvalue weighted by molar-refractivity contribution is 0.266. The van der Waals surface area contributed by atoms with Crippen molar-refractivity contribution < 1.29 is 9.15 Å². The average molecular weight is 563 g/mol. The molecule has 2 atom stereocenters. The molecule has 1 aliphatic carbocycles. The van der Waals surface area contributed by atoms with Gasteiger partial charge in [0.15, 0.2) is 0 Å². The predicted octanol–water partition coefficient (Wildman–Crippen LogP) is 11.1. The Labute approximate surface area is 254 Å². The van der Waals surface area contributed by atoms with Crippen molar-refractivity contribution in [3.8, 4) is 28.0 Å². The number of para-hydroxylation sites is 2. The zero-order valence-corrected chi connectivity index (χ0v) is 23.8. The van der Waals surface area contributed by atoms with E-state index in [1.54, 1.807) is 0 Å². The highest BCUT2D eigenvalue weighted by atomic mass is 16.5. The molecule has 0 N–H and O–H groups in total. The molecule has 0 saturated heterocycles. The molecule has 8 aromatic rings. The Hall–Kier alpha value is -5.60. The molecule has 7 aromatic carbocycles. The monoisotopic (exact) mass is 562 g/mol. The molecule has 0 amide bonds. The van der Waals surface area contributed by atoms with Crippen molar-refractivity contribution in [1.29, 1.82) is 0 Å². The molecule has 0 spiro atoms. The minimum atomic E-state index is -0.0211. The van der Waals surface area contributed by atoms with Gasteiger partial charge in [0, 0.05) is 27.6 Å². The van der Waals surface area contributed by atoms with E-state index in [1.807, 2.05) is 6.07 Å². The van der Waals surface area contributed by atoms with Gasteiger partial charge in [-0.1, -0.05) is 121 Å². The maximum Gasteiger partial charge on any atom is 0.142 e. The Kier molecular flexibility index (Phi) is 4.86. The summed E-state index contributed by atoms with van der Waals surface area (Å²) in [6, 6.07) is 48.1. The molecule has 2 nitrogen and oxygen atoms in total. The lowest BCUT2D eigenvalue weighted by Crippen LogP contribution is -2.19. The fraction of sp³-hybridized carbons (Fsp3) is 0.0476. The van der Waals surface area contributed by atoms with Crippen LogP contribution in [0.15, 0.2) is 144 Å². The van der Waals surface area contributed by atoms with Gasteiger partial charge in [0.1, 0.15) is 23.2 Å². The standard InChI is InChI=1S/C42H26O2/c1-2-11-26-24-27(21-20-25(26)10-1)38-28-12-3-5-14-30(28)39(31-15-6-4-13-29(31)38)33-17-9-18-34-41-37(44-42(33)34)23-22-36-40(41)32-16-7-8-19-35(32)43-36/h1-24,36,40H. The van der Waals surface area contributed by atoms with Gasteiger partial charge in [-0.25, -0.2) is 0 Å². The van der Waals surface area contributed by atoms with Crippen LogP contribution in [0, 0.1) is 0 Å². The van der Waals surface area contributed by atoms with Crippen molar-refractivity contribution in [3.63, 3.8) is 0 Å². The fourth-order valence-electron chi connectivity index (χ4n) is 7.76. The summed E-state index contributed by atoms with van der Waals surface area (Å²) in [5, 5.41) is 8.58. The molecule has 2 heterocycles. The third-order valence-corrected chi connectivity index (χ3v) is 9.62.